The summed E-state index contributed by atoms with van der Waals surface area (Å²) >= 11 is 0. The van der Waals surface area contributed by atoms with Crippen LogP contribution < -0.4 is 10.1 Å². The molecule has 1 aromatic heterocycles. The number of carbonyl (C=O) groups is 1. The van der Waals surface area contributed by atoms with Crippen molar-refractivity contribution in [1.82, 2.24) is 10.3 Å². The Balaban J connectivity index is 1.40. The Hall–Kier alpha value is -2.54. The number of ether oxygens (including phenoxy) is 1. The Bertz CT molecular complexity index is 765. The highest BCUT2D eigenvalue weighted by molar-refractivity contribution is 5.84. The minimum absolute atomic E-state index is 0.111. The second-order valence-corrected chi connectivity index (χ2v) is 6.46. The van der Waals surface area contributed by atoms with E-state index in [9.17, 15) is 4.79 Å². The first kappa shape index (κ1) is 17.3. The van der Waals surface area contributed by atoms with E-state index in [2.05, 4.69) is 22.1 Å². The summed E-state index contributed by atoms with van der Waals surface area (Å²) < 4.78 is 5.70. The number of hydrogen-bond acceptors (Lipinski definition) is 3. The van der Waals surface area contributed by atoms with Gasteiger partial charge < -0.3 is 10.1 Å². The smallest absolute Gasteiger partial charge is 0.221 e. The van der Waals surface area contributed by atoms with Gasteiger partial charge in [0.05, 0.1) is 6.54 Å². The quantitative estimate of drug-likeness (QED) is 0.847. The molecule has 1 amide bonds. The van der Waals surface area contributed by atoms with Gasteiger partial charge in [0.25, 0.3) is 0 Å². The highest BCUT2D eigenvalue weighted by atomic mass is 16.5. The molecule has 1 aliphatic carbocycles. The van der Waals surface area contributed by atoms with Crippen molar-refractivity contribution >= 4 is 16.8 Å². The fourth-order valence-corrected chi connectivity index (χ4v) is 3.29. The second-order valence-electron chi connectivity index (χ2n) is 6.46. The van der Waals surface area contributed by atoms with E-state index >= 15 is 0 Å². The number of rotatable bonds is 5. The van der Waals surface area contributed by atoms with Crippen molar-refractivity contribution in [2.75, 3.05) is 13.2 Å². The van der Waals surface area contributed by atoms with Crippen molar-refractivity contribution in [2.24, 2.45) is 5.92 Å². The molecule has 0 atom stereocenters. The molecule has 1 heterocycles. The molecule has 2 aromatic rings. The summed E-state index contributed by atoms with van der Waals surface area (Å²) in [6.45, 7) is 0.664. The van der Waals surface area contributed by atoms with Crippen LogP contribution >= 0.6 is 0 Å². The maximum absolute atomic E-state index is 11.9. The fraction of sp³-hybridized carbons (Fsp3) is 0.429. The molecular weight excluding hydrogens is 312 g/mol. The van der Waals surface area contributed by atoms with Crippen LogP contribution in [0.3, 0.4) is 0 Å². The van der Waals surface area contributed by atoms with Crippen LogP contribution in [-0.2, 0) is 4.79 Å². The molecular formula is C21H24N2O2. The fourth-order valence-electron chi connectivity index (χ4n) is 3.29. The van der Waals surface area contributed by atoms with E-state index in [-0.39, 0.29) is 12.5 Å². The first-order chi connectivity index (χ1) is 12.3. The van der Waals surface area contributed by atoms with E-state index < -0.39 is 0 Å². The average molecular weight is 336 g/mol. The van der Waals surface area contributed by atoms with Gasteiger partial charge in [-0.25, -0.2) is 0 Å². The minimum Gasteiger partial charge on any atom is -0.479 e. The number of fused-ring (bicyclic) bond motifs is 1. The number of para-hydroxylation sites is 1. The monoisotopic (exact) mass is 336 g/mol. The van der Waals surface area contributed by atoms with E-state index in [4.69, 9.17) is 4.74 Å². The van der Waals surface area contributed by atoms with Crippen molar-refractivity contribution in [3.05, 3.63) is 36.5 Å². The Morgan fingerprint density at radius 1 is 1.16 bits per heavy atom. The number of benzene rings is 1. The summed E-state index contributed by atoms with van der Waals surface area (Å²) in [7, 11) is 0. The van der Waals surface area contributed by atoms with Crippen molar-refractivity contribution in [1.29, 1.82) is 0 Å². The third kappa shape index (κ3) is 5.22. The molecule has 4 heteroatoms. The Morgan fingerprint density at radius 3 is 2.88 bits per heavy atom. The topological polar surface area (TPSA) is 51.2 Å². The van der Waals surface area contributed by atoms with E-state index in [0.717, 1.165) is 16.7 Å². The lowest BCUT2D eigenvalue weighted by atomic mass is 9.87. The Labute approximate surface area is 149 Å². The summed E-state index contributed by atoms with van der Waals surface area (Å²) in [5.74, 6) is 7.29. The van der Waals surface area contributed by atoms with Gasteiger partial charge in [0.2, 0.25) is 5.91 Å². The van der Waals surface area contributed by atoms with Crippen LogP contribution in [0.5, 0.6) is 5.75 Å². The number of nitrogens with one attached hydrogen (secondary N) is 1. The molecule has 0 radical (unpaired) electrons. The molecule has 0 aliphatic heterocycles. The molecule has 1 saturated carbocycles. The number of amides is 1. The molecule has 1 aliphatic rings. The number of nitrogens with zero attached hydrogens (tertiary/aromatic N) is 1. The van der Waals surface area contributed by atoms with Crippen LogP contribution in [0, 0.1) is 17.8 Å². The van der Waals surface area contributed by atoms with Gasteiger partial charge in [-0.05, 0) is 30.9 Å². The minimum atomic E-state index is 0.111. The zero-order valence-electron chi connectivity index (χ0n) is 14.5. The molecule has 0 bridgehead atoms. The number of pyridine rings is 1. The maximum Gasteiger partial charge on any atom is 0.221 e. The predicted octanol–water partition coefficient (Wildman–Crippen LogP) is 3.70. The van der Waals surface area contributed by atoms with Crippen molar-refractivity contribution in [3.63, 3.8) is 0 Å². The molecule has 1 N–H and O–H groups in total. The van der Waals surface area contributed by atoms with Crippen molar-refractivity contribution in [2.45, 2.75) is 38.5 Å². The second kappa shape index (κ2) is 9.08. The molecule has 1 aromatic carbocycles. The summed E-state index contributed by atoms with van der Waals surface area (Å²) in [4.78, 5) is 16.2. The van der Waals surface area contributed by atoms with Gasteiger partial charge in [-0.1, -0.05) is 49.3 Å². The van der Waals surface area contributed by atoms with Gasteiger partial charge in [0.1, 0.15) is 17.9 Å². The SMILES string of the molecule is O=C(CC1CCCCC1)NCC#CCOc1cccc2cccnc12. The van der Waals surface area contributed by atoms with Crippen molar-refractivity contribution < 1.29 is 9.53 Å². The summed E-state index contributed by atoms with van der Waals surface area (Å²) in [6, 6.07) is 9.74. The average Bonchev–Trinajstić information content (AvgIpc) is 2.65. The lowest BCUT2D eigenvalue weighted by molar-refractivity contribution is -0.122. The van der Waals surface area contributed by atoms with E-state index in [1.165, 1.54) is 32.1 Å². The van der Waals surface area contributed by atoms with Crippen LogP contribution in [0.2, 0.25) is 0 Å². The highest BCUT2D eigenvalue weighted by Gasteiger charge is 2.16. The molecule has 1 fully saturated rings. The Kier molecular flexibility index (Phi) is 6.28. The summed E-state index contributed by atoms with van der Waals surface area (Å²) in [5, 5.41) is 3.92. The van der Waals surface area contributed by atoms with Crippen LogP contribution in [0.15, 0.2) is 36.5 Å². The third-order valence-electron chi connectivity index (χ3n) is 4.59. The van der Waals surface area contributed by atoms with Crippen LogP contribution in [0.1, 0.15) is 38.5 Å². The van der Waals surface area contributed by atoms with Gasteiger partial charge in [-0.15, -0.1) is 0 Å². The van der Waals surface area contributed by atoms with Gasteiger partial charge in [-0.3, -0.25) is 9.78 Å². The lowest BCUT2D eigenvalue weighted by Gasteiger charge is -2.20. The maximum atomic E-state index is 11.9. The third-order valence-corrected chi connectivity index (χ3v) is 4.59. The summed E-state index contributed by atoms with van der Waals surface area (Å²) in [5.41, 5.74) is 0.840. The highest BCUT2D eigenvalue weighted by Crippen LogP contribution is 2.26. The molecule has 0 saturated heterocycles. The first-order valence-corrected chi connectivity index (χ1v) is 9.02. The van der Waals surface area contributed by atoms with Crippen molar-refractivity contribution in [3.8, 4) is 17.6 Å². The van der Waals surface area contributed by atoms with E-state index in [0.29, 0.717) is 18.9 Å². The van der Waals surface area contributed by atoms with E-state index in [1.807, 2.05) is 30.3 Å². The molecule has 130 valence electrons. The largest absolute Gasteiger partial charge is 0.479 e. The molecule has 4 nitrogen and oxygen atoms in total. The zero-order chi connectivity index (χ0) is 17.3. The molecule has 0 spiro atoms. The van der Waals surface area contributed by atoms with Gasteiger partial charge in [0.15, 0.2) is 0 Å². The predicted molar refractivity (Wildman–Crippen MR) is 99.2 cm³/mol. The molecule has 3 rings (SSSR count). The van der Waals surface area contributed by atoms with Crippen LogP contribution in [-0.4, -0.2) is 24.0 Å². The molecule has 0 unspecified atom stereocenters. The number of hydrogen-bond donors (Lipinski definition) is 1. The summed E-state index contributed by atoms with van der Waals surface area (Å²) in [6.07, 6.45) is 8.60. The lowest BCUT2D eigenvalue weighted by Crippen LogP contribution is -2.26. The van der Waals surface area contributed by atoms with Crippen LogP contribution in [0.4, 0.5) is 0 Å². The van der Waals surface area contributed by atoms with Gasteiger partial charge in [0, 0.05) is 18.0 Å². The zero-order valence-corrected chi connectivity index (χ0v) is 14.5. The number of aromatic nitrogens is 1. The van der Waals surface area contributed by atoms with E-state index in [1.54, 1.807) is 6.20 Å². The molecule has 25 heavy (non-hydrogen) atoms. The normalized spacial score (nSPS) is 14.6. The Morgan fingerprint density at radius 2 is 2.00 bits per heavy atom. The first-order valence-electron chi connectivity index (χ1n) is 9.02. The van der Waals surface area contributed by atoms with Crippen LogP contribution in [0.25, 0.3) is 10.9 Å². The van der Waals surface area contributed by atoms with Gasteiger partial charge >= 0.3 is 0 Å². The number of carbonyl (C=O) groups excluding carboxylic acids is 1. The van der Waals surface area contributed by atoms with Gasteiger partial charge in [-0.2, -0.15) is 0 Å². The standard InChI is InChI=1S/C21H24N2O2/c24-20(16-17-8-2-1-3-9-17)22-13-4-5-15-25-19-12-6-10-18-11-7-14-23-21(18)19/h6-7,10-12,14,17H,1-3,8-9,13,15-16H2,(H,22,24).